The molecule has 0 saturated carbocycles. The van der Waals surface area contributed by atoms with Gasteiger partial charge in [0, 0.05) is 59.7 Å². The molecule has 0 spiro atoms. The van der Waals surface area contributed by atoms with E-state index in [1.54, 1.807) is 13.8 Å². The smallest absolute Gasteiger partial charge is 0.338 e. The topological polar surface area (TPSA) is 89.6 Å². The van der Waals surface area contributed by atoms with Gasteiger partial charge >= 0.3 is 5.97 Å². The average molecular weight is 518 g/mol. The van der Waals surface area contributed by atoms with E-state index in [0.29, 0.717) is 26.1 Å². The molecule has 0 bridgehead atoms. The summed E-state index contributed by atoms with van der Waals surface area (Å²) in [6, 6.07) is 8.05. The van der Waals surface area contributed by atoms with Crippen LogP contribution in [0.3, 0.4) is 0 Å². The highest BCUT2D eigenvalue weighted by Crippen LogP contribution is 2.32. The lowest BCUT2D eigenvalue weighted by Gasteiger charge is -2.37. The number of hydrogen-bond donors (Lipinski definition) is 1. The van der Waals surface area contributed by atoms with Gasteiger partial charge in [-0.3, -0.25) is 9.69 Å². The number of piperazine rings is 1. The van der Waals surface area contributed by atoms with Crippen molar-refractivity contribution in [3.05, 3.63) is 29.8 Å². The van der Waals surface area contributed by atoms with Crippen LogP contribution in [0.5, 0.6) is 5.75 Å². The molecule has 1 unspecified atom stereocenters. The molecule has 4 rings (SSSR count). The highest BCUT2D eigenvalue weighted by Gasteiger charge is 2.48. The van der Waals surface area contributed by atoms with Crippen LogP contribution in [0.1, 0.15) is 45.6 Å². The van der Waals surface area contributed by atoms with Crippen molar-refractivity contribution in [3.8, 4) is 5.75 Å². The van der Waals surface area contributed by atoms with Gasteiger partial charge in [0.2, 0.25) is 11.7 Å². The Bertz CT molecular complexity index is 878. The Morgan fingerprint density at radius 1 is 1.19 bits per heavy atom. The molecule has 1 N–H and O–H groups in total. The number of ether oxygens (including phenoxy) is 4. The number of carbonyl (C=O) groups excluding carboxylic acids is 2. The molecule has 9 nitrogen and oxygen atoms in total. The van der Waals surface area contributed by atoms with E-state index in [1.807, 2.05) is 24.0 Å². The van der Waals surface area contributed by atoms with Gasteiger partial charge in [-0.25, -0.2) is 4.79 Å². The number of nitrogens with zero attached hydrogens (tertiary/aromatic N) is 2. The second kappa shape index (κ2) is 13.0. The minimum Gasteiger partial charge on any atom is -0.494 e. The van der Waals surface area contributed by atoms with Gasteiger partial charge in [-0.15, -0.1) is 0 Å². The summed E-state index contributed by atoms with van der Waals surface area (Å²) in [5.41, 5.74) is 1.18. The van der Waals surface area contributed by atoms with Crippen molar-refractivity contribution in [3.63, 3.8) is 0 Å². The maximum Gasteiger partial charge on any atom is 0.338 e. The van der Waals surface area contributed by atoms with Gasteiger partial charge in [0.25, 0.3) is 0 Å². The van der Waals surface area contributed by atoms with Crippen molar-refractivity contribution in [2.75, 3.05) is 59.0 Å². The van der Waals surface area contributed by atoms with E-state index in [-0.39, 0.29) is 12.0 Å². The van der Waals surface area contributed by atoms with Crippen molar-refractivity contribution in [1.29, 1.82) is 0 Å². The molecule has 3 aliphatic heterocycles. The molecule has 0 aliphatic carbocycles. The van der Waals surface area contributed by atoms with Crippen LogP contribution in [-0.4, -0.2) is 98.7 Å². The first-order chi connectivity index (χ1) is 17.8. The molecule has 0 radical (unpaired) electrons. The van der Waals surface area contributed by atoms with Crippen LogP contribution in [0, 0.1) is 5.92 Å². The first-order valence-corrected chi connectivity index (χ1v) is 13.8. The Morgan fingerprint density at radius 3 is 2.57 bits per heavy atom. The molecule has 3 fully saturated rings. The van der Waals surface area contributed by atoms with Crippen molar-refractivity contribution >= 4 is 11.9 Å². The van der Waals surface area contributed by atoms with E-state index in [4.69, 9.17) is 18.9 Å². The van der Waals surface area contributed by atoms with Gasteiger partial charge in [-0.05, 0) is 50.3 Å². The molecule has 206 valence electrons. The number of aryl methyl sites for hydroxylation is 1. The highest BCUT2D eigenvalue weighted by atomic mass is 16.8. The molecular weight excluding hydrogens is 474 g/mol. The van der Waals surface area contributed by atoms with E-state index in [0.717, 1.165) is 64.3 Å². The number of nitrogens with one attached hydrogen (secondary N) is 1. The predicted molar refractivity (Wildman–Crippen MR) is 139 cm³/mol. The quantitative estimate of drug-likeness (QED) is 0.447. The monoisotopic (exact) mass is 517 g/mol. The van der Waals surface area contributed by atoms with Crippen molar-refractivity contribution in [2.45, 2.75) is 64.4 Å². The molecule has 9 heteroatoms. The average Bonchev–Trinajstić information content (AvgIpc) is 3.18. The SMILES string of the molecule is CCOc1ccc(CCC[C@@H](C(=O)N2CCN(CCC3CNCCO3)CC2)[C@@H]2OC(C)(C)OC2=O)cc1. The van der Waals surface area contributed by atoms with E-state index in [2.05, 4.69) is 22.3 Å². The molecule has 3 saturated heterocycles. The summed E-state index contributed by atoms with van der Waals surface area (Å²) in [5, 5.41) is 3.38. The highest BCUT2D eigenvalue weighted by molar-refractivity contribution is 5.87. The minimum atomic E-state index is -1.01. The maximum absolute atomic E-state index is 13.7. The third-order valence-electron chi connectivity index (χ3n) is 7.34. The molecule has 0 aromatic heterocycles. The Balaban J connectivity index is 1.31. The van der Waals surface area contributed by atoms with Gasteiger partial charge in [-0.1, -0.05) is 12.1 Å². The lowest BCUT2D eigenvalue weighted by atomic mass is 9.92. The molecular formula is C28H43N3O6. The maximum atomic E-state index is 13.7. The zero-order chi connectivity index (χ0) is 26.3. The number of carbonyl (C=O) groups is 2. The van der Waals surface area contributed by atoms with Gasteiger partial charge in [-0.2, -0.15) is 0 Å². The van der Waals surface area contributed by atoms with Gasteiger partial charge in [0.15, 0.2) is 6.10 Å². The fraction of sp³-hybridized carbons (Fsp3) is 0.714. The summed E-state index contributed by atoms with van der Waals surface area (Å²) >= 11 is 0. The van der Waals surface area contributed by atoms with E-state index in [1.165, 1.54) is 5.56 Å². The first kappa shape index (κ1) is 27.8. The van der Waals surface area contributed by atoms with Gasteiger partial charge in [0.05, 0.1) is 25.2 Å². The molecule has 3 heterocycles. The van der Waals surface area contributed by atoms with Gasteiger partial charge in [0.1, 0.15) is 5.75 Å². The van der Waals surface area contributed by atoms with Gasteiger partial charge < -0.3 is 29.2 Å². The van der Waals surface area contributed by atoms with E-state index < -0.39 is 23.8 Å². The number of amides is 1. The molecule has 37 heavy (non-hydrogen) atoms. The molecule has 1 aromatic rings. The molecule has 3 atom stereocenters. The molecule has 1 aromatic carbocycles. The molecule has 1 amide bonds. The van der Waals surface area contributed by atoms with Crippen LogP contribution in [-0.2, 0) is 30.2 Å². The summed E-state index contributed by atoms with van der Waals surface area (Å²) in [5.74, 6) is -1.16. The predicted octanol–water partition coefficient (Wildman–Crippen LogP) is 2.23. The summed E-state index contributed by atoms with van der Waals surface area (Å²) in [6.45, 7) is 12.6. The zero-order valence-electron chi connectivity index (χ0n) is 22.6. The third kappa shape index (κ3) is 7.89. The number of hydrogen-bond acceptors (Lipinski definition) is 8. The van der Waals surface area contributed by atoms with E-state index >= 15 is 0 Å². The number of rotatable bonds is 11. The summed E-state index contributed by atoms with van der Waals surface area (Å²) in [4.78, 5) is 30.7. The Labute approximate surface area is 220 Å². The van der Waals surface area contributed by atoms with Crippen LogP contribution < -0.4 is 10.1 Å². The van der Waals surface area contributed by atoms with Crippen molar-refractivity contribution < 1.29 is 28.5 Å². The largest absolute Gasteiger partial charge is 0.494 e. The van der Waals surface area contributed by atoms with Crippen LogP contribution >= 0.6 is 0 Å². The van der Waals surface area contributed by atoms with Crippen molar-refractivity contribution in [1.82, 2.24) is 15.1 Å². The number of benzene rings is 1. The Hall–Kier alpha value is -2.20. The lowest BCUT2D eigenvalue weighted by Crippen LogP contribution is -2.53. The summed E-state index contributed by atoms with van der Waals surface area (Å²) in [6.07, 6.45) is 2.54. The minimum absolute atomic E-state index is 0.00851. The second-order valence-electron chi connectivity index (χ2n) is 10.6. The summed E-state index contributed by atoms with van der Waals surface area (Å²) < 4.78 is 22.7. The summed E-state index contributed by atoms with van der Waals surface area (Å²) in [7, 11) is 0. The van der Waals surface area contributed by atoms with E-state index in [9.17, 15) is 9.59 Å². The second-order valence-corrected chi connectivity index (χ2v) is 10.6. The fourth-order valence-corrected chi connectivity index (χ4v) is 5.33. The van der Waals surface area contributed by atoms with Crippen LogP contribution in [0.25, 0.3) is 0 Å². The number of morpholine rings is 1. The fourth-order valence-electron chi connectivity index (χ4n) is 5.33. The van der Waals surface area contributed by atoms with Crippen LogP contribution in [0.15, 0.2) is 24.3 Å². The third-order valence-corrected chi connectivity index (χ3v) is 7.34. The Morgan fingerprint density at radius 2 is 1.95 bits per heavy atom. The standard InChI is InChI=1S/C28H43N3O6/c1-4-34-22-10-8-21(9-11-22)6-5-7-24(25-27(33)37-28(2,3)36-25)26(32)31-17-15-30(16-18-31)14-12-23-20-29-13-19-35-23/h8-11,23-25,29H,4-7,12-20H2,1-3H3/t23?,24-,25+/m1/s1. The lowest BCUT2D eigenvalue weighted by molar-refractivity contribution is -0.163. The normalized spacial score (nSPS) is 25.1. The molecule has 3 aliphatic rings. The van der Waals surface area contributed by atoms with Crippen molar-refractivity contribution in [2.24, 2.45) is 5.92 Å². The zero-order valence-corrected chi connectivity index (χ0v) is 22.6. The first-order valence-electron chi connectivity index (χ1n) is 13.8. The Kier molecular flexibility index (Phi) is 9.81. The van der Waals surface area contributed by atoms with Crippen LogP contribution in [0.2, 0.25) is 0 Å². The number of cyclic esters (lactones) is 1. The number of esters is 1. The van der Waals surface area contributed by atoms with Crippen LogP contribution in [0.4, 0.5) is 0 Å².